The van der Waals surface area contributed by atoms with Crippen LogP contribution in [0.15, 0.2) is 24.3 Å². The second-order valence-electron chi connectivity index (χ2n) is 6.76. The lowest BCUT2D eigenvalue weighted by Crippen LogP contribution is -2.33. The van der Waals surface area contributed by atoms with Crippen LogP contribution in [0.2, 0.25) is 0 Å². The van der Waals surface area contributed by atoms with E-state index in [1.165, 1.54) is 22.8 Å². The molecular weight excluding hydrogens is 369 g/mol. The van der Waals surface area contributed by atoms with Crippen LogP contribution in [0.25, 0.3) is 5.57 Å². The zero-order chi connectivity index (χ0) is 20.3. The van der Waals surface area contributed by atoms with Crippen molar-refractivity contribution >= 4 is 29.4 Å². The third-order valence-corrected chi connectivity index (χ3v) is 4.77. The van der Waals surface area contributed by atoms with E-state index in [9.17, 15) is 18.8 Å². The van der Waals surface area contributed by atoms with Gasteiger partial charge in [0.1, 0.15) is 11.9 Å². The van der Waals surface area contributed by atoms with Crippen molar-refractivity contribution in [1.29, 1.82) is 0 Å². The number of anilines is 1. The average molecular weight is 391 g/mol. The Morgan fingerprint density at radius 1 is 1.36 bits per heavy atom. The van der Waals surface area contributed by atoms with Gasteiger partial charge in [-0.3, -0.25) is 9.69 Å². The minimum atomic E-state index is -0.980. The summed E-state index contributed by atoms with van der Waals surface area (Å²) >= 11 is 0. The molecule has 1 fully saturated rings. The van der Waals surface area contributed by atoms with Crippen LogP contribution in [-0.2, 0) is 9.53 Å². The summed E-state index contributed by atoms with van der Waals surface area (Å²) in [5.41, 5.74) is 1.52. The number of ether oxygens (including phenoxy) is 1. The summed E-state index contributed by atoms with van der Waals surface area (Å²) in [6, 6.07) is 4.51. The molecular formula is C19H22FN3O5. The number of carbonyl (C=O) groups excluding carboxylic acids is 2. The minimum Gasteiger partial charge on any atom is -0.465 e. The fourth-order valence-electron chi connectivity index (χ4n) is 3.33. The van der Waals surface area contributed by atoms with Crippen molar-refractivity contribution in [3.05, 3.63) is 35.7 Å². The Morgan fingerprint density at radius 3 is 2.82 bits per heavy atom. The van der Waals surface area contributed by atoms with Crippen molar-refractivity contribution in [2.45, 2.75) is 25.9 Å². The van der Waals surface area contributed by atoms with Gasteiger partial charge in [0.05, 0.1) is 18.8 Å². The fraction of sp³-hybridized carbons (Fsp3) is 0.421. The first-order valence-corrected chi connectivity index (χ1v) is 9.04. The van der Waals surface area contributed by atoms with Gasteiger partial charge < -0.3 is 20.1 Å². The summed E-state index contributed by atoms with van der Waals surface area (Å²) in [4.78, 5) is 36.8. The van der Waals surface area contributed by atoms with E-state index in [0.29, 0.717) is 37.2 Å². The maximum atomic E-state index is 14.7. The summed E-state index contributed by atoms with van der Waals surface area (Å²) in [7, 11) is 0. The summed E-state index contributed by atoms with van der Waals surface area (Å²) in [5, 5.41) is 11.7. The highest BCUT2D eigenvalue weighted by molar-refractivity contribution is 5.90. The molecule has 2 N–H and O–H groups in total. The maximum absolute atomic E-state index is 14.7. The number of nitrogens with zero attached hydrogens (tertiary/aromatic N) is 2. The molecule has 1 aromatic carbocycles. The van der Waals surface area contributed by atoms with Gasteiger partial charge in [-0.1, -0.05) is 6.08 Å². The molecule has 3 amide bonds. The lowest BCUT2D eigenvalue weighted by atomic mass is 10.0. The zero-order valence-corrected chi connectivity index (χ0v) is 15.5. The molecule has 2 aliphatic rings. The van der Waals surface area contributed by atoms with Crippen LogP contribution in [-0.4, -0.2) is 60.4 Å². The van der Waals surface area contributed by atoms with Crippen LogP contribution in [0, 0.1) is 5.82 Å². The second kappa shape index (κ2) is 8.28. The third kappa shape index (κ3) is 4.41. The molecule has 2 aliphatic heterocycles. The normalized spacial score (nSPS) is 19.7. The van der Waals surface area contributed by atoms with E-state index < -0.39 is 24.1 Å². The Balaban J connectivity index is 1.71. The standard InChI is InChI=1S/C19H22FN3O5/c1-12(24)21-10-15-11-23(19(27)28-15)14-4-5-16(17(20)9-14)13-3-2-7-22(8-6-13)18(25)26/h3-5,9,15H,2,6-8,10-11H2,1H3,(H,21,24)(H,25,26)/t15-/m0/s1. The minimum absolute atomic E-state index is 0.200. The number of hydrogen-bond donors (Lipinski definition) is 2. The monoisotopic (exact) mass is 391 g/mol. The quantitative estimate of drug-likeness (QED) is 0.821. The van der Waals surface area contributed by atoms with Gasteiger partial charge in [-0.2, -0.15) is 0 Å². The topological polar surface area (TPSA) is 99.2 Å². The summed E-state index contributed by atoms with van der Waals surface area (Å²) in [6.07, 6.45) is 0.735. The van der Waals surface area contributed by atoms with Crippen LogP contribution in [0.4, 0.5) is 19.7 Å². The fourth-order valence-corrected chi connectivity index (χ4v) is 3.33. The molecule has 0 unspecified atom stereocenters. The number of carboxylic acid groups (broad SMARTS) is 1. The predicted octanol–water partition coefficient (Wildman–Crippen LogP) is 2.44. The number of hydrogen-bond acceptors (Lipinski definition) is 4. The number of amides is 3. The van der Waals surface area contributed by atoms with Gasteiger partial charge in [-0.05, 0) is 36.6 Å². The summed E-state index contributed by atoms with van der Waals surface area (Å²) in [5.74, 6) is -0.700. The third-order valence-electron chi connectivity index (χ3n) is 4.77. The Hall–Kier alpha value is -3.10. The van der Waals surface area contributed by atoms with E-state index in [2.05, 4.69) is 5.32 Å². The molecule has 0 aliphatic carbocycles. The molecule has 8 nitrogen and oxygen atoms in total. The van der Waals surface area contributed by atoms with Gasteiger partial charge in [-0.15, -0.1) is 0 Å². The van der Waals surface area contributed by atoms with Crippen LogP contribution >= 0.6 is 0 Å². The Labute approximate surface area is 161 Å². The van der Waals surface area contributed by atoms with E-state index in [1.807, 2.05) is 6.08 Å². The highest BCUT2D eigenvalue weighted by Gasteiger charge is 2.32. The second-order valence-corrected chi connectivity index (χ2v) is 6.76. The molecule has 1 saturated heterocycles. The smallest absolute Gasteiger partial charge is 0.414 e. The van der Waals surface area contributed by atoms with Crippen LogP contribution < -0.4 is 10.2 Å². The van der Waals surface area contributed by atoms with Crippen molar-refractivity contribution in [3.8, 4) is 0 Å². The van der Waals surface area contributed by atoms with Crippen LogP contribution in [0.5, 0.6) is 0 Å². The Bertz CT molecular complexity index is 826. The van der Waals surface area contributed by atoms with Crippen LogP contribution in [0.1, 0.15) is 25.3 Å². The Morgan fingerprint density at radius 2 is 2.14 bits per heavy atom. The molecule has 28 heavy (non-hydrogen) atoms. The Kier molecular flexibility index (Phi) is 5.81. The van der Waals surface area contributed by atoms with E-state index in [0.717, 1.165) is 5.57 Å². The van der Waals surface area contributed by atoms with Gasteiger partial charge in [0.25, 0.3) is 0 Å². The molecule has 9 heteroatoms. The molecule has 0 bridgehead atoms. The van der Waals surface area contributed by atoms with Crippen molar-refractivity contribution in [3.63, 3.8) is 0 Å². The lowest BCUT2D eigenvalue weighted by Gasteiger charge is -2.17. The van der Waals surface area contributed by atoms with E-state index in [1.54, 1.807) is 12.1 Å². The van der Waals surface area contributed by atoms with Gasteiger partial charge in [0, 0.05) is 25.6 Å². The molecule has 0 aromatic heterocycles. The highest BCUT2D eigenvalue weighted by atomic mass is 19.1. The number of halogens is 1. The molecule has 0 radical (unpaired) electrons. The molecule has 150 valence electrons. The van der Waals surface area contributed by atoms with E-state index in [-0.39, 0.29) is 19.0 Å². The van der Waals surface area contributed by atoms with Gasteiger partial charge in [-0.25, -0.2) is 14.0 Å². The number of nitrogens with one attached hydrogen (secondary N) is 1. The van der Waals surface area contributed by atoms with Crippen molar-refractivity contribution < 1.29 is 28.6 Å². The number of benzene rings is 1. The van der Waals surface area contributed by atoms with Gasteiger partial charge in [0.2, 0.25) is 5.91 Å². The van der Waals surface area contributed by atoms with E-state index >= 15 is 0 Å². The largest absolute Gasteiger partial charge is 0.465 e. The number of carbonyl (C=O) groups is 3. The molecule has 0 saturated carbocycles. The van der Waals surface area contributed by atoms with Crippen molar-refractivity contribution in [2.24, 2.45) is 0 Å². The molecule has 1 aromatic rings. The maximum Gasteiger partial charge on any atom is 0.414 e. The van der Waals surface area contributed by atoms with Crippen molar-refractivity contribution in [1.82, 2.24) is 10.2 Å². The van der Waals surface area contributed by atoms with Gasteiger partial charge >= 0.3 is 12.2 Å². The first kappa shape index (κ1) is 19.7. The number of rotatable bonds is 4. The molecule has 0 spiro atoms. The predicted molar refractivity (Wildman–Crippen MR) is 99.5 cm³/mol. The van der Waals surface area contributed by atoms with Gasteiger partial charge in [0.15, 0.2) is 0 Å². The average Bonchev–Trinajstić information content (AvgIpc) is 2.85. The molecule has 3 rings (SSSR count). The first-order valence-electron chi connectivity index (χ1n) is 9.04. The summed E-state index contributed by atoms with van der Waals surface area (Å²) in [6.45, 7) is 2.49. The molecule has 1 atom stereocenters. The number of cyclic esters (lactones) is 1. The highest BCUT2D eigenvalue weighted by Crippen LogP contribution is 2.29. The SMILES string of the molecule is CC(=O)NC[C@H]1CN(c2ccc(C3=CCCN(C(=O)O)CC3)c(F)c2)C(=O)O1. The summed E-state index contributed by atoms with van der Waals surface area (Å²) < 4.78 is 19.9. The first-order chi connectivity index (χ1) is 13.3. The zero-order valence-electron chi connectivity index (χ0n) is 15.5. The molecule has 2 heterocycles. The lowest BCUT2D eigenvalue weighted by molar-refractivity contribution is -0.119. The van der Waals surface area contributed by atoms with Crippen molar-refractivity contribution in [2.75, 3.05) is 31.1 Å². The van der Waals surface area contributed by atoms with E-state index in [4.69, 9.17) is 9.84 Å². The van der Waals surface area contributed by atoms with Crippen LogP contribution in [0.3, 0.4) is 0 Å².